The van der Waals surface area contributed by atoms with E-state index in [0.29, 0.717) is 6.42 Å². The van der Waals surface area contributed by atoms with Crippen LogP contribution in [0.1, 0.15) is 48.0 Å². The number of carbonyl (C=O) groups is 1. The number of anilines is 1. The zero-order chi connectivity index (χ0) is 18.5. The topological polar surface area (TPSA) is 73.0 Å². The minimum absolute atomic E-state index is 0.193. The van der Waals surface area contributed by atoms with Crippen molar-refractivity contribution >= 4 is 11.6 Å². The Kier molecular flexibility index (Phi) is 3.53. The molecule has 1 aliphatic carbocycles. The van der Waals surface area contributed by atoms with Gasteiger partial charge in [0.1, 0.15) is 17.3 Å². The number of carbonyl (C=O) groups excluding carboxylic acids is 1. The number of aryl methyl sites for hydroxylation is 2. The van der Waals surface area contributed by atoms with Gasteiger partial charge in [-0.15, -0.1) is 0 Å². The number of pyridine rings is 1. The van der Waals surface area contributed by atoms with Gasteiger partial charge < -0.3 is 9.73 Å². The Morgan fingerprint density at radius 1 is 1.19 bits per heavy atom. The molecule has 0 radical (unpaired) electrons. The summed E-state index contributed by atoms with van der Waals surface area (Å²) in [7, 11) is 0. The molecule has 1 atom stereocenters. The lowest BCUT2D eigenvalue weighted by Crippen LogP contribution is -2.27. The lowest BCUT2D eigenvalue weighted by atomic mass is 9.78. The van der Waals surface area contributed by atoms with Gasteiger partial charge >= 0.3 is 0 Å². The van der Waals surface area contributed by atoms with Crippen LogP contribution in [0.4, 0.5) is 5.82 Å². The number of hydrogen-bond donors (Lipinski definition) is 1. The van der Waals surface area contributed by atoms with Crippen LogP contribution in [-0.2, 0) is 4.79 Å². The van der Waals surface area contributed by atoms with Crippen molar-refractivity contribution in [2.45, 2.75) is 39.0 Å². The molecule has 0 saturated carbocycles. The van der Waals surface area contributed by atoms with Gasteiger partial charge in [0.2, 0.25) is 0 Å². The highest BCUT2D eigenvalue weighted by atomic mass is 16.3. The number of Topliss-reactive ketones (excluding diaryl/α,β-unsaturated/α-hetero) is 1. The molecule has 136 valence electrons. The highest BCUT2D eigenvalue weighted by Crippen LogP contribution is 2.47. The molecule has 0 aromatic carbocycles. The van der Waals surface area contributed by atoms with Crippen LogP contribution in [0.25, 0.3) is 5.82 Å². The third-order valence-corrected chi connectivity index (χ3v) is 5.32. The van der Waals surface area contributed by atoms with Gasteiger partial charge in [-0.1, -0.05) is 6.07 Å². The van der Waals surface area contributed by atoms with Crippen molar-refractivity contribution in [3.63, 3.8) is 0 Å². The third kappa shape index (κ3) is 2.44. The maximum absolute atomic E-state index is 12.8. The molecule has 0 spiro atoms. The van der Waals surface area contributed by atoms with E-state index in [1.165, 1.54) is 0 Å². The number of allylic oxidation sites excluding steroid dienone is 2. The number of furan rings is 1. The third-order valence-electron chi connectivity index (χ3n) is 5.32. The summed E-state index contributed by atoms with van der Waals surface area (Å²) in [6.07, 6.45) is 4.05. The van der Waals surface area contributed by atoms with Crippen molar-refractivity contribution in [3.05, 3.63) is 70.6 Å². The van der Waals surface area contributed by atoms with Gasteiger partial charge in [0.05, 0.1) is 11.6 Å². The Balaban J connectivity index is 1.76. The molecule has 2 aliphatic rings. The summed E-state index contributed by atoms with van der Waals surface area (Å²) < 4.78 is 7.81. The fraction of sp³-hybridized carbons (Fsp3) is 0.286. The first-order chi connectivity index (χ1) is 13.1. The summed E-state index contributed by atoms with van der Waals surface area (Å²) >= 11 is 0. The zero-order valence-corrected chi connectivity index (χ0v) is 15.3. The molecule has 1 N–H and O–H groups in total. The molecule has 5 rings (SSSR count). The number of fused-ring (bicyclic) bond motifs is 1. The van der Waals surface area contributed by atoms with E-state index < -0.39 is 0 Å². The highest BCUT2D eigenvalue weighted by molar-refractivity contribution is 6.01. The second kappa shape index (κ2) is 5.94. The molecular weight excluding hydrogens is 340 g/mol. The first kappa shape index (κ1) is 16.1. The predicted octanol–water partition coefficient (Wildman–Crippen LogP) is 4.04. The zero-order valence-electron chi connectivity index (χ0n) is 15.3. The van der Waals surface area contributed by atoms with Crippen LogP contribution in [0, 0.1) is 13.8 Å². The molecule has 1 aliphatic heterocycles. The number of ketones is 1. The SMILES string of the molecule is Cc1ccc([C@@H]2C3=C(CCCC3=O)Nc3c2c(C)nn3-c2ccccn2)o1. The van der Waals surface area contributed by atoms with E-state index in [2.05, 4.69) is 10.3 Å². The normalized spacial score (nSPS) is 18.9. The molecule has 3 aromatic heterocycles. The first-order valence-electron chi connectivity index (χ1n) is 9.24. The van der Waals surface area contributed by atoms with Crippen LogP contribution in [-0.4, -0.2) is 20.5 Å². The summed E-state index contributed by atoms with van der Waals surface area (Å²) in [6.45, 7) is 3.90. The molecule has 0 fully saturated rings. The molecule has 27 heavy (non-hydrogen) atoms. The number of hydrogen-bond acceptors (Lipinski definition) is 5. The minimum atomic E-state index is -0.227. The van der Waals surface area contributed by atoms with E-state index in [4.69, 9.17) is 9.52 Å². The average molecular weight is 360 g/mol. The Hall–Kier alpha value is -3.15. The summed E-state index contributed by atoms with van der Waals surface area (Å²) in [5, 5.41) is 8.24. The van der Waals surface area contributed by atoms with Crippen molar-refractivity contribution in [1.29, 1.82) is 0 Å². The molecule has 6 heteroatoms. The number of aromatic nitrogens is 3. The molecular formula is C21H20N4O2. The monoisotopic (exact) mass is 360 g/mol. The van der Waals surface area contributed by atoms with E-state index in [1.54, 1.807) is 6.20 Å². The first-order valence-corrected chi connectivity index (χ1v) is 9.24. The summed E-state index contributed by atoms with van der Waals surface area (Å²) in [4.78, 5) is 17.3. The quantitative estimate of drug-likeness (QED) is 0.747. The summed E-state index contributed by atoms with van der Waals surface area (Å²) in [5.41, 5.74) is 3.66. The van der Waals surface area contributed by atoms with Gasteiger partial charge in [-0.3, -0.25) is 4.79 Å². The summed E-state index contributed by atoms with van der Waals surface area (Å²) in [5.74, 6) is 3.22. The van der Waals surface area contributed by atoms with Crippen molar-refractivity contribution in [2.75, 3.05) is 5.32 Å². The largest absolute Gasteiger partial charge is 0.465 e. The van der Waals surface area contributed by atoms with Gasteiger partial charge in [0, 0.05) is 29.5 Å². The van der Waals surface area contributed by atoms with Crippen LogP contribution in [0.2, 0.25) is 0 Å². The van der Waals surface area contributed by atoms with Gasteiger partial charge in [-0.2, -0.15) is 9.78 Å². The van der Waals surface area contributed by atoms with Crippen LogP contribution in [0.5, 0.6) is 0 Å². The maximum Gasteiger partial charge on any atom is 0.161 e. The van der Waals surface area contributed by atoms with Crippen LogP contribution in [0.3, 0.4) is 0 Å². The van der Waals surface area contributed by atoms with Gasteiger partial charge in [-0.05, 0) is 51.0 Å². The molecule has 0 saturated heterocycles. The van der Waals surface area contributed by atoms with Crippen molar-refractivity contribution in [2.24, 2.45) is 0 Å². The minimum Gasteiger partial charge on any atom is -0.465 e. The second-order valence-electron chi connectivity index (χ2n) is 7.12. The van der Waals surface area contributed by atoms with E-state index in [-0.39, 0.29) is 11.7 Å². The Morgan fingerprint density at radius 3 is 2.81 bits per heavy atom. The van der Waals surface area contributed by atoms with E-state index in [1.807, 2.05) is 48.9 Å². The van der Waals surface area contributed by atoms with E-state index in [9.17, 15) is 4.79 Å². The molecule has 6 nitrogen and oxygen atoms in total. The molecule has 3 aromatic rings. The average Bonchev–Trinajstić information content (AvgIpc) is 3.25. The van der Waals surface area contributed by atoms with Crippen LogP contribution < -0.4 is 5.32 Å². The van der Waals surface area contributed by atoms with Gasteiger partial charge in [0.25, 0.3) is 0 Å². The van der Waals surface area contributed by atoms with Gasteiger partial charge in [-0.25, -0.2) is 4.98 Å². The van der Waals surface area contributed by atoms with Gasteiger partial charge in [0.15, 0.2) is 11.6 Å². The second-order valence-corrected chi connectivity index (χ2v) is 7.12. The smallest absolute Gasteiger partial charge is 0.161 e. The van der Waals surface area contributed by atoms with Crippen LogP contribution >= 0.6 is 0 Å². The van der Waals surface area contributed by atoms with Crippen molar-refractivity contribution in [1.82, 2.24) is 14.8 Å². The lowest BCUT2D eigenvalue weighted by molar-refractivity contribution is -0.116. The summed E-state index contributed by atoms with van der Waals surface area (Å²) in [6, 6.07) is 9.67. The fourth-order valence-corrected chi connectivity index (χ4v) is 4.16. The standard InChI is InChI=1S/C21H20N4O2/c1-12-9-10-16(27-12)20-18-13(2)24-25(17-8-3-4-11-22-17)21(18)23-14-6-5-7-15(26)19(14)20/h3-4,8-11,20,23H,5-7H2,1-2H3/t20-/m0/s1. The Bertz CT molecular complexity index is 1080. The molecule has 0 amide bonds. The number of rotatable bonds is 2. The van der Waals surface area contributed by atoms with E-state index in [0.717, 1.165) is 58.5 Å². The van der Waals surface area contributed by atoms with E-state index >= 15 is 0 Å². The maximum atomic E-state index is 12.8. The number of nitrogens with one attached hydrogen (secondary N) is 1. The van der Waals surface area contributed by atoms with Crippen molar-refractivity contribution in [3.8, 4) is 5.82 Å². The number of nitrogens with zero attached hydrogens (tertiary/aromatic N) is 3. The highest BCUT2D eigenvalue weighted by Gasteiger charge is 2.40. The van der Waals surface area contributed by atoms with Crippen LogP contribution in [0.15, 0.2) is 52.2 Å². The van der Waals surface area contributed by atoms with Crippen molar-refractivity contribution < 1.29 is 9.21 Å². The molecule has 4 heterocycles. The molecule has 0 bridgehead atoms. The predicted molar refractivity (Wildman–Crippen MR) is 101 cm³/mol. The fourth-order valence-electron chi connectivity index (χ4n) is 4.16. The Morgan fingerprint density at radius 2 is 2.07 bits per heavy atom. The Labute approximate surface area is 156 Å². The lowest BCUT2D eigenvalue weighted by Gasteiger charge is -2.31. The molecule has 0 unspecified atom stereocenters.